The Bertz CT molecular complexity index is 133. The van der Waals surface area contributed by atoms with Crippen LogP contribution in [0, 0.1) is 6.66 Å². The van der Waals surface area contributed by atoms with Crippen LogP contribution in [0.25, 0.3) is 0 Å². The molecule has 0 heterocycles. The first-order valence-corrected chi connectivity index (χ1v) is 4.98. The molecule has 10 heavy (non-hydrogen) atoms. The second kappa shape index (κ2) is 4.12. The molecule has 0 saturated heterocycles. The van der Waals surface area contributed by atoms with Gasteiger partial charge in [0.05, 0.1) is 12.7 Å². The second-order valence-electron chi connectivity index (χ2n) is 2.18. The van der Waals surface area contributed by atoms with Crippen LogP contribution in [-0.4, -0.2) is 12.7 Å². The molecule has 0 spiro atoms. The van der Waals surface area contributed by atoms with Crippen LogP contribution in [0.2, 0.25) is 0 Å². The van der Waals surface area contributed by atoms with Crippen LogP contribution >= 0.6 is 7.60 Å². The Balaban J connectivity index is 3.75. The Morgan fingerprint density at radius 1 is 1.60 bits per heavy atom. The van der Waals surface area contributed by atoms with Crippen molar-refractivity contribution in [3.63, 3.8) is 0 Å². The van der Waals surface area contributed by atoms with Crippen molar-refractivity contribution in [2.75, 3.05) is 6.61 Å². The molecule has 0 aromatic carbocycles. The Hall–Kier alpha value is 0.150. The smallest absolute Gasteiger partial charge is 0.184 e. The average Bonchev–Trinajstić information content (AvgIpc) is 1.59. The number of hydrogen-bond acceptors (Lipinski definition) is 3. The first kappa shape index (κ1) is 10.2. The van der Waals surface area contributed by atoms with Gasteiger partial charge in [-0.25, -0.2) is 6.66 Å². The van der Waals surface area contributed by atoms with E-state index in [0.717, 1.165) is 0 Å². The summed E-state index contributed by atoms with van der Waals surface area (Å²) in [5, 5.41) is 0. The molecule has 0 amide bonds. The van der Waals surface area contributed by atoms with E-state index >= 15 is 0 Å². The lowest BCUT2D eigenvalue weighted by Gasteiger charge is -2.21. The minimum Gasteiger partial charge on any atom is -0.331 e. The molecule has 0 N–H and O–H groups in total. The fraction of sp³-hybridized carbons (Fsp3) is 0.833. The molecule has 0 aromatic heterocycles. The van der Waals surface area contributed by atoms with E-state index in [1.165, 1.54) is 0 Å². The summed E-state index contributed by atoms with van der Waals surface area (Å²) in [5.41, 5.74) is 0. The van der Waals surface area contributed by atoms with Crippen molar-refractivity contribution in [1.82, 2.24) is 0 Å². The van der Waals surface area contributed by atoms with Gasteiger partial charge in [-0.3, -0.25) is 4.57 Å². The molecule has 0 radical (unpaired) electrons. The molecular weight excluding hydrogens is 151 g/mol. The fourth-order valence-corrected chi connectivity index (χ4v) is 1.64. The molecule has 4 heteroatoms. The largest absolute Gasteiger partial charge is 0.331 e. The highest BCUT2D eigenvalue weighted by atomic mass is 31.2. The standard InChI is InChI=1S/C6H14O3P/c1-5-8-10(4,7)9-6(2)3/h6H,4-5H2,1-3H3/q-1. The Morgan fingerprint density at radius 3 is 2.40 bits per heavy atom. The van der Waals surface area contributed by atoms with Gasteiger partial charge in [0.25, 0.3) is 0 Å². The zero-order valence-electron chi connectivity index (χ0n) is 6.66. The molecule has 1 unspecified atom stereocenters. The molecule has 3 nitrogen and oxygen atoms in total. The molecule has 0 saturated carbocycles. The van der Waals surface area contributed by atoms with Gasteiger partial charge in [-0.05, 0) is 20.8 Å². The second-order valence-corrected chi connectivity index (χ2v) is 3.87. The van der Waals surface area contributed by atoms with Crippen molar-refractivity contribution in [3.8, 4) is 0 Å². The van der Waals surface area contributed by atoms with Gasteiger partial charge in [0.1, 0.15) is 0 Å². The van der Waals surface area contributed by atoms with Gasteiger partial charge in [-0.2, -0.15) is 0 Å². The zero-order chi connectivity index (χ0) is 8.20. The van der Waals surface area contributed by atoms with E-state index in [0.29, 0.717) is 6.61 Å². The van der Waals surface area contributed by atoms with Gasteiger partial charge in [0.15, 0.2) is 7.60 Å². The Kier molecular flexibility index (Phi) is 4.18. The van der Waals surface area contributed by atoms with E-state index in [1.54, 1.807) is 20.8 Å². The van der Waals surface area contributed by atoms with Gasteiger partial charge in [0, 0.05) is 0 Å². The third-order valence-corrected chi connectivity index (χ3v) is 2.09. The summed E-state index contributed by atoms with van der Waals surface area (Å²) in [6.07, 6.45) is -0.102. The van der Waals surface area contributed by atoms with E-state index in [2.05, 4.69) is 6.66 Å². The van der Waals surface area contributed by atoms with Gasteiger partial charge < -0.3 is 9.05 Å². The lowest BCUT2D eigenvalue weighted by atomic mass is 10.5. The minimum atomic E-state index is -3.00. The predicted octanol–water partition coefficient (Wildman–Crippen LogP) is 2.43. The summed E-state index contributed by atoms with van der Waals surface area (Å²) >= 11 is 0. The molecule has 0 aliphatic rings. The van der Waals surface area contributed by atoms with Gasteiger partial charge in [-0.15, -0.1) is 0 Å². The highest BCUT2D eigenvalue weighted by Gasteiger charge is 2.08. The van der Waals surface area contributed by atoms with E-state index in [1.807, 2.05) is 0 Å². The summed E-state index contributed by atoms with van der Waals surface area (Å²) in [7, 11) is -3.00. The van der Waals surface area contributed by atoms with Crippen LogP contribution in [0.1, 0.15) is 20.8 Å². The Morgan fingerprint density at radius 2 is 2.10 bits per heavy atom. The first-order valence-electron chi connectivity index (χ1n) is 3.25. The minimum absolute atomic E-state index is 0.102. The summed E-state index contributed by atoms with van der Waals surface area (Å²) in [6, 6.07) is 0. The lowest BCUT2D eigenvalue weighted by molar-refractivity contribution is 0.180. The van der Waals surface area contributed by atoms with E-state index in [9.17, 15) is 4.57 Å². The van der Waals surface area contributed by atoms with Crippen LogP contribution in [0.5, 0.6) is 0 Å². The maximum absolute atomic E-state index is 11.1. The quantitative estimate of drug-likeness (QED) is 0.474. The van der Waals surface area contributed by atoms with Crippen LogP contribution in [0.3, 0.4) is 0 Å². The summed E-state index contributed by atoms with van der Waals surface area (Å²) in [6.45, 7) is 9.01. The molecule has 0 rings (SSSR count). The molecule has 62 valence electrons. The van der Waals surface area contributed by atoms with E-state index < -0.39 is 7.60 Å². The topological polar surface area (TPSA) is 35.5 Å². The van der Waals surface area contributed by atoms with Crippen LogP contribution < -0.4 is 0 Å². The van der Waals surface area contributed by atoms with Crippen LogP contribution in [0.15, 0.2) is 0 Å². The van der Waals surface area contributed by atoms with Crippen molar-refractivity contribution in [2.24, 2.45) is 0 Å². The zero-order valence-corrected chi connectivity index (χ0v) is 7.56. The summed E-state index contributed by atoms with van der Waals surface area (Å²) in [4.78, 5) is 0. The molecule has 0 aliphatic carbocycles. The maximum Gasteiger partial charge on any atom is 0.184 e. The predicted molar refractivity (Wildman–Crippen MR) is 40.8 cm³/mol. The summed E-state index contributed by atoms with van der Waals surface area (Å²) < 4.78 is 20.7. The molecule has 0 aliphatic heterocycles. The van der Waals surface area contributed by atoms with Gasteiger partial charge >= 0.3 is 0 Å². The third kappa shape index (κ3) is 4.98. The monoisotopic (exact) mass is 165 g/mol. The molecule has 0 fully saturated rings. The first-order chi connectivity index (χ1) is 4.48. The van der Waals surface area contributed by atoms with Crippen molar-refractivity contribution in [2.45, 2.75) is 26.9 Å². The van der Waals surface area contributed by atoms with Crippen molar-refractivity contribution >= 4 is 7.60 Å². The number of hydrogen-bond donors (Lipinski definition) is 0. The van der Waals surface area contributed by atoms with E-state index in [4.69, 9.17) is 9.05 Å². The maximum atomic E-state index is 11.1. The SMILES string of the molecule is [CH2-]P(=O)(OCC)OC(C)C. The Labute approximate surface area is 62.3 Å². The molecular formula is C6H14O3P-. The van der Waals surface area contributed by atoms with Crippen LogP contribution in [-0.2, 0) is 13.6 Å². The molecule has 0 aromatic rings. The molecule has 1 atom stereocenters. The summed E-state index contributed by atoms with van der Waals surface area (Å²) in [5.74, 6) is 0. The van der Waals surface area contributed by atoms with Crippen molar-refractivity contribution in [3.05, 3.63) is 6.66 Å². The molecule has 0 bridgehead atoms. The van der Waals surface area contributed by atoms with Crippen LogP contribution in [0.4, 0.5) is 0 Å². The normalized spacial score (nSPS) is 17.3. The van der Waals surface area contributed by atoms with Gasteiger partial charge in [-0.1, -0.05) is 0 Å². The third-order valence-electron chi connectivity index (χ3n) is 0.697. The fourth-order valence-electron chi connectivity index (χ4n) is 0.548. The van der Waals surface area contributed by atoms with E-state index in [-0.39, 0.29) is 6.10 Å². The van der Waals surface area contributed by atoms with Crippen molar-refractivity contribution < 1.29 is 13.6 Å². The van der Waals surface area contributed by atoms with Gasteiger partial charge in [0.2, 0.25) is 0 Å². The highest BCUT2D eigenvalue weighted by Crippen LogP contribution is 2.46. The van der Waals surface area contributed by atoms with Crippen molar-refractivity contribution in [1.29, 1.82) is 0 Å². The lowest BCUT2D eigenvalue weighted by Crippen LogP contribution is -2.00. The highest BCUT2D eigenvalue weighted by molar-refractivity contribution is 7.55. The average molecular weight is 165 g/mol. The number of rotatable bonds is 4.